The molecule has 72 valence electrons. The van der Waals surface area contributed by atoms with Crippen LogP contribution in [0.5, 0.6) is 0 Å². The van der Waals surface area contributed by atoms with Gasteiger partial charge in [0.2, 0.25) is 0 Å². The molecule has 5 nitrogen and oxygen atoms in total. The van der Waals surface area contributed by atoms with Gasteiger partial charge in [0.05, 0.1) is 12.8 Å². The molecule has 13 heavy (non-hydrogen) atoms. The van der Waals surface area contributed by atoms with Gasteiger partial charge in [-0.3, -0.25) is 4.18 Å². The standard InChI is InChI=1S/C7H10N2O3S/c1-12-13(10,11)7-3-2-5(8)4-6(7)9/h2-4H,8-9H2,1H3. The highest BCUT2D eigenvalue weighted by Crippen LogP contribution is 2.21. The van der Waals surface area contributed by atoms with Crippen molar-refractivity contribution in [3.05, 3.63) is 18.2 Å². The summed E-state index contributed by atoms with van der Waals surface area (Å²) < 4.78 is 26.7. The quantitative estimate of drug-likeness (QED) is 0.527. The van der Waals surface area contributed by atoms with Gasteiger partial charge < -0.3 is 11.5 Å². The molecule has 0 saturated carbocycles. The fourth-order valence-corrected chi connectivity index (χ4v) is 1.65. The van der Waals surface area contributed by atoms with Gasteiger partial charge in [-0.15, -0.1) is 0 Å². The van der Waals surface area contributed by atoms with Gasteiger partial charge in [-0.1, -0.05) is 0 Å². The number of nitrogens with two attached hydrogens (primary N) is 2. The maximum absolute atomic E-state index is 11.2. The van der Waals surface area contributed by atoms with Gasteiger partial charge in [0, 0.05) is 5.69 Å². The van der Waals surface area contributed by atoms with Gasteiger partial charge in [-0.25, -0.2) is 0 Å². The third-order valence-electron chi connectivity index (χ3n) is 1.52. The van der Waals surface area contributed by atoms with E-state index < -0.39 is 10.1 Å². The van der Waals surface area contributed by atoms with Crippen molar-refractivity contribution in [2.45, 2.75) is 4.90 Å². The maximum atomic E-state index is 11.2. The van der Waals surface area contributed by atoms with Gasteiger partial charge in [-0.05, 0) is 18.2 Å². The first kappa shape index (κ1) is 9.82. The third-order valence-corrected chi connectivity index (χ3v) is 2.87. The van der Waals surface area contributed by atoms with Crippen LogP contribution in [-0.2, 0) is 14.3 Å². The molecule has 0 spiro atoms. The lowest BCUT2D eigenvalue weighted by atomic mass is 10.3. The summed E-state index contributed by atoms with van der Waals surface area (Å²) >= 11 is 0. The van der Waals surface area contributed by atoms with Crippen LogP contribution < -0.4 is 11.5 Å². The molecule has 1 rings (SSSR count). The van der Waals surface area contributed by atoms with Crippen molar-refractivity contribution in [2.75, 3.05) is 18.6 Å². The Hall–Kier alpha value is -1.27. The van der Waals surface area contributed by atoms with Crippen LogP contribution in [0.2, 0.25) is 0 Å². The Balaban J connectivity index is 3.33. The lowest BCUT2D eigenvalue weighted by molar-refractivity contribution is 0.398. The molecular weight excluding hydrogens is 192 g/mol. The molecule has 0 heterocycles. The van der Waals surface area contributed by atoms with Gasteiger partial charge in [0.1, 0.15) is 4.90 Å². The fraction of sp³-hybridized carbons (Fsp3) is 0.143. The highest BCUT2D eigenvalue weighted by molar-refractivity contribution is 7.87. The molecule has 6 heteroatoms. The average molecular weight is 202 g/mol. The van der Waals surface area contributed by atoms with E-state index >= 15 is 0 Å². The minimum absolute atomic E-state index is 0.0656. The summed E-state index contributed by atoms with van der Waals surface area (Å²) in [5.74, 6) is 0. The lowest BCUT2D eigenvalue weighted by Gasteiger charge is -2.05. The molecule has 0 atom stereocenters. The van der Waals surface area contributed by atoms with Crippen molar-refractivity contribution in [3.63, 3.8) is 0 Å². The third kappa shape index (κ3) is 1.90. The Morgan fingerprint density at radius 3 is 2.38 bits per heavy atom. The van der Waals surface area contributed by atoms with Crippen molar-refractivity contribution >= 4 is 21.5 Å². The molecule has 1 aromatic rings. The predicted molar refractivity (Wildman–Crippen MR) is 49.5 cm³/mol. The zero-order valence-electron chi connectivity index (χ0n) is 7.02. The number of benzene rings is 1. The summed E-state index contributed by atoms with van der Waals surface area (Å²) in [4.78, 5) is -0.0656. The van der Waals surface area contributed by atoms with Gasteiger partial charge >= 0.3 is 0 Å². The zero-order valence-corrected chi connectivity index (χ0v) is 7.84. The maximum Gasteiger partial charge on any atom is 0.298 e. The number of nitrogen functional groups attached to an aromatic ring is 2. The molecule has 4 N–H and O–H groups in total. The van der Waals surface area contributed by atoms with Crippen molar-refractivity contribution in [1.29, 1.82) is 0 Å². The number of hydrogen-bond acceptors (Lipinski definition) is 5. The summed E-state index contributed by atoms with van der Waals surface area (Å²) in [6, 6.07) is 4.12. The van der Waals surface area contributed by atoms with E-state index in [-0.39, 0.29) is 10.6 Å². The lowest BCUT2D eigenvalue weighted by Crippen LogP contribution is -2.06. The zero-order chi connectivity index (χ0) is 10.1. The predicted octanol–water partition coefficient (Wildman–Crippen LogP) is 0.186. The molecule has 0 saturated heterocycles. The van der Waals surface area contributed by atoms with E-state index in [2.05, 4.69) is 4.18 Å². The van der Waals surface area contributed by atoms with E-state index in [1.54, 1.807) is 0 Å². The molecule has 0 aromatic heterocycles. The number of hydrogen-bond donors (Lipinski definition) is 2. The largest absolute Gasteiger partial charge is 0.399 e. The van der Waals surface area contributed by atoms with Crippen LogP contribution >= 0.6 is 0 Å². The van der Waals surface area contributed by atoms with E-state index in [0.29, 0.717) is 5.69 Å². The second-order valence-corrected chi connectivity index (χ2v) is 4.10. The molecule has 0 fully saturated rings. The molecule has 0 amide bonds. The van der Waals surface area contributed by atoms with Crippen LogP contribution in [-0.4, -0.2) is 15.5 Å². The van der Waals surface area contributed by atoms with E-state index in [1.165, 1.54) is 18.2 Å². The Labute approximate surface area is 76.4 Å². The normalized spacial score (nSPS) is 11.5. The Morgan fingerprint density at radius 2 is 1.92 bits per heavy atom. The van der Waals surface area contributed by atoms with E-state index in [1.807, 2.05) is 0 Å². The minimum atomic E-state index is -3.73. The second-order valence-electron chi connectivity index (χ2n) is 2.42. The van der Waals surface area contributed by atoms with Crippen LogP contribution in [0, 0.1) is 0 Å². The van der Waals surface area contributed by atoms with E-state index in [0.717, 1.165) is 7.11 Å². The van der Waals surface area contributed by atoms with Gasteiger partial charge in [0.15, 0.2) is 0 Å². The first-order valence-corrected chi connectivity index (χ1v) is 4.84. The minimum Gasteiger partial charge on any atom is -0.399 e. The van der Waals surface area contributed by atoms with Crippen molar-refractivity contribution in [3.8, 4) is 0 Å². The number of anilines is 2. The van der Waals surface area contributed by atoms with Crippen LogP contribution in [0.3, 0.4) is 0 Å². The van der Waals surface area contributed by atoms with Crippen LogP contribution in [0.15, 0.2) is 23.1 Å². The first-order valence-electron chi connectivity index (χ1n) is 3.43. The van der Waals surface area contributed by atoms with E-state index in [9.17, 15) is 8.42 Å². The fourth-order valence-electron chi connectivity index (χ4n) is 0.884. The molecule has 0 radical (unpaired) electrons. The molecule has 0 aliphatic carbocycles. The van der Waals surface area contributed by atoms with Crippen molar-refractivity contribution in [1.82, 2.24) is 0 Å². The number of rotatable bonds is 2. The summed E-state index contributed by atoms with van der Waals surface area (Å²) in [5, 5.41) is 0. The Bertz CT molecular complexity index is 414. The smallest absolute Gasteiger partial charge is 0.298 e. The summed E-state index contributed by atoms with van der Waals surface area (Å²) in [7, 11) is -2.65. The molecular formula is C7H10N2O3S. The monoisotopic (exact) mass is 202 g/mol. The SMILES string of the molecule is COS(=O)(=O)c1ccc(N)cc1N. The van der Waals surface area contributed by atoms with Gasteiger partial charge in [-0.2, -0.15) is 8.42 Å². The summed E-state index contributed by atoms with van der Waals surface area (Å²) in [6.07, 6.45) is 0. The highest BCUT2D eigenvalue weighted by Gasteiger charge is 2.16. The molecule has 0 unspecified atom stereocenters. The molecule has 0 aliphatic rings. The van der Waals surface area contributed by atoms with Gasteiger partial charge in [0.25, 0.3) is 10.1 Å². The Kier molecular flexibility index (Phi) is 2.44. The summed E-state index contributed by atoms with van der Waals surface area (Å²) in [5.41, 5.74) is 11.3. The first-order chi connectivity index (χ1) is 5.97. The van der Waals surface area contributed by atoms with E-state index in [4.69, 9.17) is 11.5 Å². The Morgan fingerprint density at radius 1 is 1.31 bits per heavy atom. The molecule has 0 bridgehead atoms. The van der Waals surface area contributed by atoms with Crippen LogP contribution in [0.25, 0.3) is 0 Å². The van der Waals surface area contributed by atoms with Crippen molar-refractivity contribution in [2.24, 2.45) is 0 Å². The van der Waals surface area contributed by atoms with Crippen LogP contribution in [0.1, 0.15) is 0 Å². The van der Waals surface area contributed by atoms with Crippen LogP contribution in [0.4, 0.5) is 11.4 Å². The topological polar surface area (TPSA) is 95.4 Å². The second kappa shape index (κ2) is 3.23. The molecule has 0 aliphatic heterocycles. The van der Waals surface area contributed by atoms with Crippen molar-refractivity contribution < 1.29 is 12.6 Å². The summed E-state index contributed by atoms with van der Waals surface area (Å²) in [6.45, 7) is 0. The highest BCUT2D eigenvalue weighted by atomic mass is 32.2. The average Bonchev–Trinajstić information content (AvgIpc) is 2.03. The molecule has 1 aromatic carbocycles.